The first kappa shape index (κ1) is 33.5. The number of methoxy groups -OCH3 is 1. The molecule has 0 saturated heterocycles. The zero-order chi connectivity index (χ0) is 33.6. The molecular weight excluding hydrogens is 605 g/mol. The lowest BCUT2D eigenvalue weighted by atomic mass is 9.80. The number of amides is 3. The number of halogens is 3. The van der Waals surface area contributed by atoms with Gasteiger partial charge in [-0.3, -0.25) is 4.79 Å². The normalized spacial score (nSPS) is 11.5. The number of hydrogen-bond donors (Lipinski definition) is 3. The van der Waals surface area contributed by atoms with E-state index >= 15 is 0 Å². The van der Waals surface area contributed by atoms with Crippen molar-refractivity contribution in [1.29, 1.82) is 0 Å². The van der Waals surface area contributed by atoms with Crippen molar-refractivity contribution in [2.24, 2.45) is 5.73 Å². The predicted octanol–water partition coefficient (Wildman–Crippen LogP) is 6.26. The zero-order valence-corrected chi connectivity index (χ0v) is 25.8. The van der Waals surface area contributed by atoms with Crippen LogP contribution in [0.15, 0.2) is 60.9 Å². The Bertz CT molecular complexity index is 1730. The summed E-state index contributed by atoms with van der Waals surface area (Å²) in [4.78, 5) is 37.7. The van der Waals surface area contributed by atoms with Crippen LogP contribution >= 0.6 is 0 Å². The van der Waals surface area contributed by atoms with E-state index in [-0.39, 0.29) is 29.4 Å². The Balaban J connectivity index is 1.48. The molecule has 0 radical (unpaired) electrons. The van der Waals surface area contributed by atoms with Gasteiger partial charge in [0.25, 0.3) is 5.88 Å². The summed E-state index contributed by atoms with van der Waals surface area (Å²) in [5.41, 5.74) is 4.24. The third-order valence-electron chi connectivity index (χ3n) is 7.01. The fraction of sp³-hybridized carbons (Fsp3) is 0.281. The number of carbonyl (C=O) groups excluding carboxylic acids is 2. The number of alkyl halides is 3. The number of primary amides is 1. The Labute approximate surface area is 263 Å². The highest BCUT2D eigenvalue weighted by Crippen LogP contribution is 2.39. The summed E-state index contributed by atoms with van der Waals surface area (Å²) >= 11 is 0. The summed E-state index contributed by atoms with van der Waals surface area (Å²) in [6, 6.07) is 11.4. The van der Waals surface area contributed by atoms with Gasteiger partial charge < -0.3 is 30.6 Å². The Morgan fingerprint density at radius 3 is 2.26 bits per heavy atom. The maximum absolute atomic E-state index is 13.8. The first-order valence-corrected chi connectivity index (χ1v) is 14.0. The third-order valence-corrected chi connectivity index (χ3v) is 7.01. The van der Waals surface area contributed by atoms with Crippen LogP contribution in [0, 0.1) is 6.92 Å². The molecule has 242 valence electrons. The Morgan fingerprint density at radius 2 is 1.65 bits per heavy atom. The number of pyridine rings is 1. The SMILES string of the molecule is CCOc1cc(-c2ncc(NC(=O)Nc3ccc(C(C)(C)C(N)=O)c(C(F)(F)F)c3)c(C)n2)cnc1OCc1ccc(OC)cc1. The lowest BCUT2D eigenvalue weighted by Crippen LogP contribution is -2.37. The maximum atomic E-state index is 13.8. The van der Waals surface area contributed by atoms with E-state index in [1.807, 2.05) is 31.2 Å². The number of nitrogens with zero attached hydrogens (tertiary/aromatic N) is 3. The van der Waals surface area contributed by atoms with E-state index in [2.05, 4.69) is 25.6 Å². The van der Waals surface area contributed by atoms with Crippen LogP contribution in [0.5, 0.6) is 17.4 Å². The molecule has 0 spiro atoms. The van der Waals surface area contributed by atoms with Crippen molar-refractivity contribution >= 4 is 23.3 Å². The number of rotatable bonds is 11. The van der Waals surface area contributed by atoms with Gasteiger partial charge in [-0.15, -0.1) is 0 Å². The minimum absolute atomic E-state index is 0.145. The van der Waals surface area contributed by atoms with Gasteiger partial charge in [-0.05, 0) is 69.2 Å². The zero-order valence-electron chi connectivity index (χ0n) is 25.8. The summed E-state index contributed by atoms with van der Waals surface area (Å²) in [7, 11) is 1.59. The third kappa shape index (κ3) is 7.81. The highest BCUT2D eigenvalue weighted by molar-refractivity contribution is 6.00. The number of nitrogens with one attached hydrogen (secondary N) is 2. The van der Waals surface area contributed by atoms with Crippen molar-refractivity contribution in [2.75, 3.05) is 24.4 Å². The molecule has 0 aliphatic rings. The minimum Gasteiger partial charge on any atom is -0.497 e. The first-order chi connectivity index (χ1) is 21.7. The van der Waals surface area contributed by atoms with Gasteiger partial charge in [0.15, 0.2) is 11.6 Å². The monoisotopic (exact) mass is 638 g/mol. The van der Waals surface area contributed by atoms with Gasteiger partial charge >= 0.3 is 12.2 Å². The van der Waals surface area contributed by atoms with Gasteiger partial charge in [0, 0.05) is 17.4 Å². The molecule has 0 saturated carbocycles. The number of ether oxygens (including phenoxy) is 3. The number of hydrogen-bond acceptors (Lipinski definition) is 8. The molecule has 2 heterocycles. The average molecular weight is 639 g/mol. The predicted molar refractivity (Wildman–Crippen MR) is 165 cm³/mol. The molecule has 14 heteroatoms. The van der Waals surface area contributed by atoms with E-state index in [0.717, 1.165) is 23.4 Å². The molecule has 0 aliphatic carbocycles. The number of anilines is 2. The topological polar surface area (TPSA) is 151 Å². The lowest BCUT2D eigenvalue weighted by Gasteiger charge is -2.26. The number of benzene rings is 2. The summed E-state index contributed by atoms with van der Waals surface area (Å²) in [5, 5.41) is 4.91. The van der Waals surface area contributed by atoms with Crippen LogP contribution in [0.2, 0.25) is 0 Å². The van der Waals surface area contributed by atoms with Crippen LogP contribution in [0.3, 0.4) is 0 Å². The molecule has 0 atom stereocenters. The second-order valence-corrected chi connectivity index (χ2v) is 10.6. The fourth-order valence-corrected chi connectivity index (χ4v) is 4.34. The number of urea groups is 1. The Kier molecular flexibility index (Phi) is 9.98. The van der Waals surface area contributed by atoms with Crippen LogP contribution in [0.1, 0.15) is 43.2 Å². The standard InChI is InChI=1S/C32H33F3N6O5/c1-6-45-26-13-20(15-38-28(26)46-17-19-7-10-22(44-5)11-8-19)27-37-16-25(18(2)39-27)41-30(43)40-21-9-12-23(31(3,4)29(36)42)24(14-21)32(33,34)35/h7-16H,6,17H2,1-5H3,(H2,36,42)(H2,40,41,43). The molecule has 2 aromatic carbocycles. The number of nitrogens with two attached hydrogens (primary N) is 1. The summed E-state index contributed by atoms with van der Waals surface area (Å²) in [5.74, 6) is 0.776. The van der Waals surface area contributed by atoms with Crippen LogP contribution in [-0.2, 0) is 23.0 Å². The van der Waals surface area contributed by atoms with E-state index < -0.39 is 29.1 Å². The number of carbonyl (C=O) groups is 2. The second kappa shape index (κ2) is 13.7. The van der Waals surface area contributed by atoms with Gasteiger partial charge in [0.05, 0.1) is 42.3 Å². The van der Waals surface area contributed by atoms with Crippen LogP contribution in [-0.4, -0.2) is 40.6 Å². The van der Waals surface area contributed by atoms with E-state index in [4.69, 9.17) is 19.9 Å². The van der Waals surface area contributed by atoms with E-state index in [1.165, 1.54) is 32.3 Å². The van der Waals surface area contributed by atoms with Gasteiger partial charge in [0.1, 0.15) is 12.4 Å². The van der Waals surface area contributed by atoms with E-state index in [0.29, 0.717) is 29.4 Å². The number of aromatic nitrogens is 3. The Morgan fingerprint density at radius 1 is 0.935 bits per heavy atom. The fourth-order valence-electron chi connectivity index (χ4n) is 4.34. The maximum Gasteiger partial charge on any atom is 0.416 e. The summed E-state index contributed by atoms with van der Waals surface area (Å²) in [6.07, 6.45) is -1.90. The molecule has 0 unspecified atom stereocenters. The molecule has 3 amide bonds. The molecule has 0 fully saturated rings. The molecule has 0 aliphatic heterocycles. The van der Waals surface area contributed by atoms with Crippen LogP contribution in [0.25, 0.3) is 11.4 Å². The molecule has 4 rings (SSSR count). The lowest BCUT2D eigenvalue weighted by molar-refractivity contribution is -0.139. The molecule has 2 aromatic heterocycles. The summed E-state index contributed by atoms with van der Waals surface area (Å²) in [6.45, 7) is 6.66. The van der Waals surface area contributed by atoms with E-state index in [9.17, 15) is 22.8 Å². The van der Waals surface area contributed by atoms with Gasteiger partial charge in [0.2, 0.25) is 5.91 Å². The largest absolute Gasteiger partial charge is 0.497 e. The van der Waals surface area contributed by atoms with Crippen molar-refractivity contribution in [3.05, 3.63) is 83.3 Å². The molecule has 4 aromatic rings. The van der Waals surface area contributed by atoms with Crippen molar-refractivity contribution < 1.29 is 37.0 Å². The molecule has 4 N–H and O–H groups in total. The van der Waals surface area contributed by atoms with Crippen LogP contribution < -0.4 is 30.6 Å². The molecular formula is C32H33F3N6O5. The molecule has 46 heavy (non-hydrogen) atoms. The van der Waals surface area contributed by atoms with Gasteiger partial charge in [-0.2, -0.15) is 13.2 Å². The molecule has 11 nitrogen and oxygen atoms in total. The van der Waals surface area contributed by atoms with E-state index in [1.54, 1.807) is 20.1 Å². The molecule has 0 bridgehead atoms. The summed E-state index contributed by atoms with van der Waals surface area (Å²) < 4.78 is 58.3. The number of aryl methyl sites for hydroxylation is 1. The Hall–Kier alpha value is -5.40. The van der Waals surface area contributed by atoms with Crippen molar-refractivity contribution in [3.8, 4) is 28.8 Å². The highest BCUT2D eigenvalue weighted by Gasteiger charge is 2.40. The quantitative estimate of drug-likeness (QED) is 0.174. The minimum atomic E-state index is -4.80. The van der Waals surface area contributed by atoms with Crippen molar-refractivity contribution in [3.63, 3.8) is 0 Å². The highest BCUT2D eigenvalue weighted by atomic mass is 19.4. The smallest absolute Gasteiger partial charge is 0.416 e. The van der Waals surface area contributed by atoms with Crippen LogP contribution in [0.4, 0.5) is 29.3 Å². The van der Waals surface area contributed by atoms with Crippen molar-refractivity contribution in [1.82, 2.24) is 15.0 Å². The van der Waals surface area contributed by atoms with Gasteiger partial charge in [-0.25, -0.2) is 19.7 Å². The first-order valence-electron chi connectivity index (χ1n) is 14.0. The average Bonchev–Trinajstić information content (AvgIpc) is 3.01. The van der Waals surface area contributed by atoms with Crippen molar-refractivity contribution in [2.45, 2.75) is 45.9 Å². The van der Waals surface area contributed by atoms with Gasteiger partial charge in [-0.1, -0.05) is 18.2 Å². The second-order valence-electron chi connectivity index (χ2n) is 10.6.